The molecule has 1 heterocycles. The van der Waals surface area contributed by atoms with Crippen molar-refractivity contribution >= 4 is 0 Å². The third kappa shape index (κ3) is 3.19. The number of nitrogens with zero attached hydrogens (tertiary/aromatic N) is 1. The summed E-state index contributed by atoms with van der Waals surface area (Å²) in [5.41, 5.74) is 0. The lowest BCUT2D eigenvalue weighted by molar-refractivity contribution is 0.0804. The fourth-order valence-corrected chi connectivity index (χ4v) is 3.11. The lowest BCUT2D eigenvalue weighted by Crippen LogP contribution is -2.43. The molecule has 0 aromatic rings. The van der Waals surface area contributed by atoms with Crippen LogP contribution in [-0.2, 0) is 4.74 Å². The molecule has 3 heteroatoms. The van der Waals surface area contributed by atoms with Gasteiger partial charge in [0.1, 0.15) is 0 Å². The Morgan fingerprint density at radius 2 is 1.94 bits per heavy atom. The molecule has 1 aliphatic carbocycles. The molecular formula is C13H26N2O. The highest BCUT2D eigenvalue weighted by Crippen LogP contribution is 2.23. The third-order valence-electron chi connectivity index (χ3n) is 4.16. The van der Waals surface area contributed by atoms with Crippen LogP contribution < -0.4 is 5.32 Å². The van der Waals surface area contributed by atoms with Crippen LogP contribution >= 0.6 is 0 Å². The van der Waals surface area contributed by atoms with Crippen LogP contribution in [0, 0.1) is 0 Å². The van der Waals surface area contributed by atoms with Crippen LogP contribution in [0.1, 0.15) is 38.5 Å². The standard InChI is InChI=1S/C13H26N2O/c1-15-9-4-5-11(8-10-15)14-12-6-3-7-13(12)16-2/h11-14H,3-10H2,1-2H3. The molecule has 1 aliphatic heterocycles. The highest BCUT2D eigenvalue weighted by molar-refractivity contribution is 4.87. The molecule has 3 unspecified atom stereocenters. The van der Waals surface area contributed by atoms with Gasteiger partial charge in [-0.3, -0.25) is 0 Å². The van der Waals surface area contributed by atoms with E-state index in [-0.39, 0.29) is 0 Å². The molecule has 1 saturated heterocycles. The summed E-state index contributed by atoms with van der Waals surface area (Å²) < 4.78 is 5.54. The van der Waals surface area contributed by atoms with E-state index in [1.54, 1.807) is 0 Å². The number of ether oxygens (including phenoxy) is 1. The zero-order chi connectivity index (χ0) is 11.4. The molecule has 16 heavy (non-hydrogen) atoms. The van der Waals surface area contributed by atoms with Gasteiger partial charge in [0.15, 0.2) is 0 Å². The molecule has 3 nitrogen and oxygen atoms in total. The number of methoxy groups -OCH3 is 1. The summed E-state index contributed by atoms with van der Waals surface area (Å²) in [5.74, 6) is 0. The number of nitrogens with one attached hydrogen (secondary N) is 1. The summed E-state index contributed by atoms with van der Waals surface area (Å²) in [6, 6.07) is 1.32. The first-order valence-electron chi connectivity index (χ1n) is 6.77. The van der Waals surface area contributed by atoms with Crippen molar-refractivity contribution in [3.05, 3.63) is 0 Å². The monoisotopic (exact) mass is 226 g/mol. The molecule has 0 spiro atoms. The van der Waals surface area contributed by atoms with Gasteiger partial charge in [-0.15, -0.1) is 0 Å². The summed E-state index contributed by atoms with van der Waals surface area (Å²) in [6.07, 6.45) is 8.27. The largest absolute Gasteiger partial charge is 0.380 e. The Kier molecular flexibility index (Phi) is 4.62. The predicted octanol–water partition coefficient (Wildman–Crippen LogP) is 1.63. The molecule has 2 rings (SSSR count). The van der Waals surface area contributed by atoms with Gasteiger partial charge in [-0.2, -0.15) is 0 Å². The van der Waals surface area contributed by atoms with Crippen molar-refractivity contribution in [3.63, 3.8) is 0 Å². The number of hydrogen-bond donors (Lipinski definition) is 1. The Morgan fingerprint density at radius 3 is 2.75 bits per heavy atom. The smallest absolute Gasteiger partial charge is 0.0724 e. The average molecular weight is 226 g/mol. The molecular weight excluding hydrogens is 200 g/mol. The molecule has 2 aliphatic rings. The Hall–Kier alpha value is -0.120. The van der Waals surface area contributed by atoms with Crippen molar-refractivity contribution in [2.45, 2.75) is 56.7 Å². The Labute approximate surface area is 99.5 Å². The zero-order valence-electron chi connectivity index (χ0n) is 10.7. The molecule has 0 aromatic heterocycles. The molecule has 1 saturated carbocycles. The lowest BCUT2D eigenvalue weighted by Gasteiger charge is -2.25. The molecule has 1 N–H and O–H groups in total. The van der Waals surface area contributed by atoms with E-state index >= 15 is 0 Å². The molecule has 2 fully saturated rings. The Balaban J connectivity index is 1.79. The summed E-state index contributed by atoms with van der Waals surface area (Å²) >= 11 is 0. The predicted molar refractivity (Wildman–Crippen MR) is 66.7 cm³/mol. The third-order valence-corrected chi connectivity index (χ3v) is 4.16. The van der Waals surface area contributed by atoms with E-state index in [9.17, 15) is 0 Å². The maximum Gasteiger partial charge on any atom is 0.0724 e. The topological polar surface area (TPSA) is 24.5 Å². The minimum atomic E-state index is 0.459. The van der Waals surface area contributed by atoms with E-state index in [2.05, 4.69) is 17.3 Å². The highest BCUT2D eigenvalue weighted by Gasteiger charge is 2.29. The van der Waals surface area contributed by atoms with Crippen molar-refractivity contribution in [2.75, 3.05) is 27.2 Å². The molecule has 0 aromatic carbocycles. The molecule has 3 atom stereocenters. The normalized spacial score (nSPS) is 37.5. The molecule has 0 amide bonds. The van der Waals surface area contributed by atoms with Crippen molar-refractivity contribution in [1.29, 1.82) is 0 Å². The van der Waals surface area contributed by atoms with Gasteiger partial charge in [0.05, 0.1) is 6.10 Å². The minimum Gasteiger partial charge on any atom is -0.380 e. The fraction of sp³-hybridized carbons (Fsp3) is 1.00. The van der Waals surface area contributed by atoms with Crippen LogP contribution in [0.5, 0.6) is 0 Å². The Bertz CT molecular complexity index is 210. The van der Waals surface area contributed by atoms with E-state index in [1.165, 1.54) is 51.6 Å². The second-order valence-electron chi connectivity index (χ2n) is 5.41. The highest BCUT2D eigenvalue weighted by atomic mass is 16.5. The van der Waals surface area contributed by atoms with E-state index in [4.69, 9.17) is 4.74 Å². The van der Waals surface area contributed by atoms with Gasteiger partial charge in [-0.05, 0) is 58.7 Å². The van der Waals surface area contributed by atoms with E-state index in [1.807, 2.05) is 7.11 Å². The van der Waals surface area contributed by atoms with Gasteiger partial charge in [0.25, 0.3) is 0 Å². The van der Waals surface area contributed by atoms with Crippen LogP contribution in [0.3, 0.4) is 0 Å². The van der Waals surface area contributed by atoms with Crippen molar-refractivity contribution in [2.24, 2.45) is 0 Å². The summed E-state index contributed by atoms with van der Waals surface area (Å²) in [6.45, 7) is 2.50. The fourth-order valence-electron chi connectivity index (χ4n) is 3.11. The van der Waals surface area contributed by atoms with Crippen LogP contribution in [-0.4, -0.2) is 50.3 Å². The van der Waals surface area contributed by atoms with Crippen LogP contribution in [0.25, 0.3) is 0 Å². The quantitative estimate of drug-likeness (QED) is 0.791. The van der Waals surface area contributed by atoms with Gasteiger partial charge < -0.3 is 15.0 Å². The van der Waals surface area contributed by atoms with Crippen molar-refractivity contribution in [1.82, 2.24) is 10.2 Å². The molecule has 0 radical (unpaired) electrons. The van der Waals surface area contributed by atoms with Gasteiger partial charge in [0.2, 0.25) is 0 Å². The Morgan fingerprint density at radius 1 is 1.06 bits per heavy atom. The molecule has 94 valence electrons. The number of hydrogen-bond acceptors (Lipinski definition) is 3. The average Bonchev–Trinajstić information content (AvgIpc) is 2.63. The zero-order valence-corrected chi connectivity index (χ0v) is 10.7. The second kappa shape index (κ2) is 5.99. The van der Waals surface area contributed by atoms with Crippen LogP contribution in [0.4, 0.5) is 0 Å². The summed E-state index contributed by atoms with van der Waals surface area (Å²) in [5, 5.41) is 3.83. The first-order valence-corrected chi connectivity index (χ1v) is 6.77. The van der Waals surface area contributed by atoms with E-state index in [0.717, 1.165) is 0 Å². The first-order chi connectivity index (χ1) is 7.79. The van der Waals surface area contributed by atoms with Gasteiger partial charge >= 0.3 is 0 Å². The molecule has 0 bridgehead atoms. The van der Waals surface area contributed by atoms with Crippen molar-refractivity contribution in [3.8, 4) is 0 Å². The van der Waals surface area contributed by atoms with E-state index < -0.39 is 0 Å². The van der Waals surface area contributed by atoms with Gasteiger partial charge in [-0.25, -0.2) is 0 Å². The van der Waals surface area contributed by atoms with Crippen molar-refractivity contribution < 1.29 is 4.74 Å². The minimum absolute atomic E-state index is 0.459. The summed E-state index contributed by atoms with van der Waals surface area (Å²) in [7, 11) is 4.08. The number of rotatable bonds is 3. The number of likely N-dealkylation sites (tertiary alicyclic amines) is 1. The van der Waals surface area contributed by atoms with Crippen LogP contribution in [0.2, 0.25) is 0 Å². The maximum absolute atomic E-state index is 5.54. The first kappa shape index (κ1) is 12.3. The SMILES string of the molecule is COC1CCCC1NC1CCCN(C)CC1. The summed E-state index contributed by atoms with van der Waals surface area (Å²) in [4.78, 5) is 2.45. The van der Waals surface area contributed by atoms with Gasteiger partial charge in [0, 0.05) is 19.2 Å². The lowest BCUT2D eigenvalue weighted by atomic mass is 10.1. The van der Waals surface area contributed by atoms with E-state index in [0.29, 0.717) is 18.2 Å². The maximum atomic E-state index is 5.54. The van der Waals surface area contributed by atoms with Crippen LogP contribution in [0.15, 0.2) is 0 Å². The second-order valence-corrected chi connectivity index (χ2v) is 5.41. The van der Waals surface area contributed by atoms with Gasteiger partial charge in [-0.1, -0.05) is 0 Å².